The van der Waals surface area contributed by atoms with Crippen LogP contribution < -0.4 is 5.73 Å². The van der Waals surface area contributed by atoms with E-state index in [0.29, 0.717) is 5.82 Å². The van der Waals surface area contributed by atoms with Gasteiger partial charge in [-0.2, -0.15) is 5.10 Å². The number of nitrogen functional groups attached to an aromatic ring is 1. The maximum absolute atomic E-state index is 5.47. The van der Waals surface area contributed by atoms with Crippen molar-refractivity contribution >= 4 is 5.82 Å². The molecule has 2 heterocycles. The Morgan fingerprint density at radius 1 is 1.46 bits per heavy atom. The first-order chi connectivity index (χ1) is 6.25. The van der Waals surface area contributed by atoms with Crippen molar-refractivity contribution in [3.63, 3.8) is 0 Å². The van der Waals surface area contributed by atoms with Crippen LogP contribution in [0, 0.1) is 6.92 Å². The number of H-pyrrole nitrogens is 1. The Labute approximate surface area is 75.0 Å². The molecule has 0 spiro atoms. The molecule has 0 aliphatic heterocycles. The van der Waals surface area contributed by atoms with Crippen LogP contribution in [0.25, 0.3) is 11.4 Å². The third kappa shape index (κ3) is 1.48. The van der Waals surface area contributed by atoms with Gasteiger partial charge in [0.1, 0.15) is 11.6 Å². The van der Waals surface area contributed by atoms with Gasteiger partial charge >= 0.3 is 0 Å². The summed E-state index contributed by atoms with van der Waals surface area (Å²) in [5, 5.41) is 6.60. The van der Waals surface area contributed by atoms with Gasteiger partial charge in [0.15, 0.2) is 0 Å². The molecular formula is C8H9N5. The molecule has 2 aromatic rings. The molecule has 0 unspecified atom stereocenters. The van der Waals surface area contributed by atoms with E-state index in [0.717, 1.165) is 17.2 Å². The number of aromatic amines is 1. The van der Waals surface area contributed by atoms with E-state index in [1.807, 2.05) is 6.92 Å². The topological polar surface area (TPSA) is 80.5 Å². The SMILES string of the molecule is Cc1nccc(-c2cc(N)n[nH]2)n1. The number of anilines is 1. The van der Waals surface area contributed by atoms with Crippen molar-refractivity contribution in [3.05, 3.63) is 24.2 Å². The standard InChI is InChI=1S/C8H9N5/c1-5-10-3-2-6(11-5)7-4-8(9)13-12-7/h2-4H,1H3,(H3,9,12,13). The van der Waals surface area contributed by atoms with E-state index in [9.17, 15) is 0 Å². The Morgan fingerprint density at radius 2 is 2.31 bits per heavy atom. The van der Waals surface area contributed by atoms with Gasteiger partial charge < -0.3 is 5.73 Å². The van der Waals surface area contributed by atoms with Gasteiger partial charge in [0.2, 0.25) is 0 Å². The molecule has 2 aromatic heterocycles. The first-order valence-electron chi connectivity index (χ1n) is 3.86. The summed E-state index contributed by atoms with van der Waals surface area (Å²) >= 11 is 0. The highest BCUT2D eigenvalue weighted by atomic mass is 15.2. The smallest absolute Gasteiger partial charge is 0.145 e. The fraction of sp³-hybridized carbons (Fsp3) is 0.125. The molecule has 5 heteroatoms. The number of aromatic nitrogens is 4. The van der Waals surface area contributed by atoms with Gasteiger partial charge in [0.05, 0.1) is 11.4 Å². The second-order valence-corrected chi connectivity index (χ2v) is 2.70. The second-order valence-electron chi connectivity index (χ2n) is 2.70. The van der Waals surface area contributed by atoms with Crippen LogP contribution in [0.15, 0.2) is 18.3 Å². The lowest BCUT2D eigenvalue weighted by Gasteiger charge is -1.95. The van der Waals surface area contributed by atoms with Gasteiger partial charge in [-0.15, -0.1) is 0 Å². The summed E-state index contributed by atoms with van der Waals surface area (Å²) in [6.45, 7) is 1.84. The molecular weight excluding hydrogens is 166 g/mol. The Hall–Kier alpha value is -1.91. The highest BCUT2D eigenvalue weighted by Gasteiger charge is 2.02. The molecule has 13 heavy (non-hydrogen) atoms. The quantitative estimate of drug-likeness (QED) is 0.670. The first-order valence-corrected chi connectivity index (χ1v) is 3.86. The molecule has 3 N–H and O–H groups in total. The normalized spacial score (nSPS) is 10.2. The van der Waals surface area contributed by atoms with Crippen molar-refractivity contribution in [2.75, 3.05) is 5.73 Å². The zero-order chi connectivity index (χ0) is 9.26. The molecule has 0 aliphatic rings. The molecule has 0 saturated heterocycles. The average Bonchev–Trinajstić information content (AvgIpc) is 2.52. The Balaban J connectivity index is 2.46. The largest absolute Gasteiger partial charge is 0.382 e. The summed E-state index contributed by atoms with van der Waals surface area (Å²) in [6, 6.07) is 3.54. The van der Waals surface area contributed by atoms with Gasteiger partial charge in [-0.3, -0.25) is 5.10 Å². The van der Waals surface area contributed by atoms with Gasteiger partial charge in [0, 0.05) is 12.3 Å². The third-order valence-corrected chi connectivity index (χ3v) is 1.65. The molecule has 66 valence electrons. The van der Waals surface area contributed by atoms with Crippen LogP contribution in [0.1, 0.15) is 5.82 Å². The number of rotatable bonds is 1. The van der Waals surface area contributed by atoms with E-state index >= 15 is 0 Å². The highest BCUT2D eigenvalue weighted by molar-refractivity contribution is 5.57. The van der Waals surface area contributed by atoms with E-state index in [2.05, 4.69) is 20.2 Å². The Morgan fingerprint density at radius 3 is 2.92 bits per heavy atom. The van der Waals surface area contributed by atoms with E-state index in [1.165, 1.54) is 0 Å². The van der Waals surface area contributed by atoms with E-state index in [4.69, 9.17) is 5.73 Å². The molecule has 0 radical (unpaired) electrons. The van der Waals surface area contributed by atoms with Gasteiger partial charge in [-0.05, 0) is 13.0 Å². The van der Waals surface area contributed by atoms with Crippen LogP contribution in [0.5, 0.6) is 0 Å². The maximum Gasteiger partial charge on any atom is 0.145 e. The van der Waals surface area contributed by atoms with Crippen molar-refractivity contribution in [1.82, 2.24) is 20.2 Å². The van der Waals surface area contributed by atoms with Crippen LogP contribution in [0.3, 0.4) is 0 Å². The monoisotopic (exact) mass is 175 g/mol. The van der Waals surface area contributed by atoms with Crippen LogP contribution in [-0.4, -0.2) is 20.2 Å². The number of nitrogens with zero attached hydrogens (tertiary/aromatic N) is 3. The zero-order valence-electron chi connectivity index (χ0n) is 7.15. The zero-order valence-corrected chi connectivity index (χ0v) is 7.15. The summed E-state index contributed by atoms with van der Waals surface area (Å²) in [5.41, 5.74) is 7.08. The van der Waals surface area contributed by atoms with Crippen LogP contribution in [-0.2, 0) is 0 Å². The van der Waals surface area contributed by atoms with Crippen LogP contribution in [0.2, 0.25) is 0 Å². The fourth-order valence-corrected chi connectivity index (χ4v) is 1.07. The van der Waals surface area contributed by atoms with Crippen molar-refractivity contribution in [1.29, 1.82) is 0 Å². The molecule has 0 fully saturated rings. The highest BCUT2D eigenvalue weighted by Crippen LogP contribution is 2.14. The van der Waals surface area contributed by atoms with E-state index in [-0.39, 0.29) is 0 Å². The predicted molar refractivity (Wildman–Crippen MR) is 48.8 cm³/mol. The van der Waals surface area contributed by atoms with Gasteiger partial charge in [-0.1, -0.05) is 0 Å². The number of nitrogens with two attached hydrogens (primary N) is 1. The summed E-state index contributed by atoms with van der Waals surface area (Å²) in [5.74, 6) is 1.19. The maximum atomic E-state index is 5.47. The van der Waals surface area contributed by atoms with Crippen molar-refractivity contribution in [3.8, 4) is 11.4 Å². The minimum atomic E-state index is 0.464. The average molecular weight is 175 g/mol. The number of hydrogen-bond acceptors (Lipinski definition) is 4. The first kappa shape index (κ1) is 7.72. The Bertz CT molecular complexity index is 420. The van der Waals surface area contributed by atoms with Crippen molar-refractivity contribution < 1.29 is 0 Å². The molecule has 0 bridgehead atoms. The molecule has 0 atom stereocenters. The number of hydrogen-bond donors (Lipinski definition) is 2. The lowest BCUT2D eigenvalue weighted by Crippen LogP contribution is -1.89. The third-order valence-electron chi connectivity index (χ3n) is 1.65. The van der Waals surface area contributed by atoms with Crippen LogP contribution >= 0.6 is 0 Å². The number of nitrogens with one attached hydrogen (secondary N) is 1. The lowest BCUT2D eigenvalue weighted by atomic mass is 10.3. The second kappa shape index (κ2) is 2.85. The summed E-state index contributed by atoms with van der Waals surface area (Å²) in [6.07, 6.45) is 1.70. The minimum Gasteiger partial charge on any atom is -0.382 e. The summed E-state index contributed by atoms with van der Waals surface area (Å²) in [7, 11) is 0. The fourth-order valence-electron chi connectivity index (χ4n) is 1.07. The molecule has 0 aromatic carbocycles. The van der Waals surface area contributed by atoms with Crippen molar-refractivity contribution in [2.45, 2.75) is 6.92 Å². The van der Waals surface area contributed by atoms with E-state index < -0.39 is 0 Å². The molecule has 0 saturated carbocycles. The molecule has 2 rings (SSSR count). The molecule has 5 nitrogen and oxygen atoms in total. The summed E-state index contributed by atoms with van der Waals surface area (Å²) < 4.78 is 0. The molecule has 0 aliphatic carbocycles. The lowest BCUT2D eigenvalue weighted by molar-refractivity contribution is 1.04. The van der Waals surface area contributed by atoms with Crippen LogP contribution in [0.4, 0.5) is 5.82 Å². The number of aryl methyl sites for hydroxylation is 1. The van der Waals surface area contributed by atoms with Gasteiger partial charge in [-0.25, -0.2) is 9.97 Å². The Kier molecular flexibility index (Phi) is 1.70. The van der Waals surface area contributed by atoms with E-state index in [1.54, 1.807) is 18.3 Å². The predicted octanol–water partition coefficient (Wildman–Crippen LogP) is 0.757. The minimum absolute atomic E-state index is 0.464. The van der Waals surface area contributed by atoms with Crippen molar-refractivity contribution in [2.24, 2.45) is 0 Å². The van der Waals surface area contributed by atoms with Gasteiger partial charge in [0.25, 0.3) is 0 Å². The summed E-state index contributed by atoms with van der Waals surface area (Å²) in [4.78, 5) is 8.21. The molecule has 0 amide bonds.